The monoisotopic (exact) mass is 620 g/mol. The Kier molecular flexibility index (Phi) is 9.43. The first-order valence-corrected chi connectivity index (χ1v) is 15.4. The lowest BCUT2D eigenvalue weighted by Crippen LogP contribution is -2.58. The number of amides is 3. The average Bonchev–Trinajstić information content (AvgIpc) is 3.10. The lowest BCUT2D eigenvalue weighted by atomic mass is 9.98. The maximum Gasteiger partial charge on any atom is 0.258 e. The Morgan fingerprint density at radius 1 is 0.978 bits per heavy atom. The van der Waals surface area contributed by atoms with Crippen LogP contribution in [0.3, 0.4) is 0 Å². The number of fused-ring (bicyclic) bond motifs is 7. The highest BCUT2D eigenvalue weighted by Gasteiger charge is 2.34. The van der Waals surface area contributed by atoms with Gasteiger partial charge >= 0.3 is 0 Å². The van der Waals surface area contributed by atoms with Crippen LogP contribution in [0.5, 0.6) is 17.2 Å². The minimum atomic E-state index is -0.460. The molecule has 2 N–H and O–H groups in total. The van der Waals surface area contributed by atoms with Crippen LogP contribution in [0.1, 0.15) is 34.3 Å². The number of methoxy groups -OCH3 is 1. The van der Waals surface area contributed by atoms with E-state index in [0.717, 1.165) is 16.7 Å². The normalized spacial score (nSPS) is 18.2. The molecule has 7 rings (SSSR count). The Hall–Kier alpha value is -5.38. The van der Waals surface area contributed by atoms with Crippen LogP contribution in [0.2, 0.25) is 0 Å². The molecule has 4 aromatic rings. The smallest absolute Gasteiger partial charge is 0.258 e. The number of aromatic nitrogens is 1. The van der Waals surface area contributed by atoms with Crippen LogP contribution in [0.4, 0.5) is 0 Å². The van der Waals surface area contributed by atoms with E-state index in [1.165, 1.54) is 0 Å². The summed E-state index contributed by atoms with van der Waals surface area (Å²) < 4.78 is 17.8. The third-order valence-electron chi connectivity index (χ3n) is 8.27. The number of likely N-dealkylation sites (tertiary alicyclic amines) is 1. The molecule has 1 fully saturated rings. The molecule has 2 atom stereocenters. The average molecular weight is 621 g/mol. The van der Waals surface area contributed by atoms with Gasteiger partial charge in [-0.15, -0.1) is 0 Å². The molecule has 0 unspecified atom stereocenters. The number of carbonyl (C=O) groups excluding carboxylic acids is 3. The molecule has 0 spiro atoms. The molecule has 6 bridgehead atoms. The predicted octanol–water partition coefficient (Wildman–Crippen LogP) is 4.18. The number of nitrogens with one attached hydrogen (secondary N) is 2. The van der Waals surface area contributed by atoms with Crippen molar-refractivity contribution in [2.75, 3.05) is 26.8 Å². The van der Waals surface area contributed by atoms with Gasteiger partial charge in [-0.05, 0) is 77.7 Å². The van der Waals surface area contributed by atoms with Gasteiger partial charge in [0.15, 0.2) is 6.61 Å². The van der Waals surface area contributed by atoms with Gasteiger partial charge in [0, 0.05) is 56.0 Å². The van der Waals surface area contributed by atoms with Crippen molar-refractivity contribution in [3.05, 3.63) is 108 Å². The van der Waals surface area contributed by atoms with Crippen molar-refractivity contribution in [2.24, 2.45) is 0 Å². The van der Waals surface area contributed by atoms with Crippen molar-refractivity contribution < 1.29 is 28.6 Å². The van der Waals surface area contributed by atoms with Crippen LogP contribution >= 0.6 is 0 Å². The number of aryl methyl sites for hydroxylation is 1. The summed E-state index contributed by atoms with van der Waals surface area (Å²) in [6, 6.07) is 23.4. The van der Waals surface area contributed by atoms with Crippen LogP contribution in [-0.2, 0) is 22.6 Å². The third-order valence-corrected chi connectivity index (χ3v) is 8.27. The van der Waals surface area contributed by atoms with E-state index >= 15 is 0 Å². The van der Waals surface area contributed by atoms with E-state index in [2.05, 4.69) is 15.6 Å². The quantitative estimate of drug-likeness (QED) is 0.352. The molecular formula is C36H36N4O6. The molecule has 3 aliphatic rings. The molecule has 236 valence electrons. The van der Waals surface area contributed by atoms with E-state index in [0.29, 0.717) is 67.3 Å². The number of nitrogens with zero attached hydrogens (tertiary/aromatic N) is 2. The molecule has 46 heavy (non-hydrogen) atoms. The van der Waals surface area contributed by atoms with Crippen molar-refractivity contribution in [2.45, 2.75) is 38.0 Å². The molecule has 1 saturated heterocycles. The van der Waals surface area contributed by atoms with Gasteiger partial charge in [0.2, 0.25) is 5.91 Å². The number of piperidine rings is 1. The van der Waals surface area contributed by atoms with Crippen molar-refractivity contribution in [1.82, 2.24) is 20.5 Å². The molecule has 4 heterocycles. The molecule has 0 saturated carbocycles. The van der Waals surface area contributed by atoms with Gasteiger partial charge in [0.1, 0.15) is 23.4 Å². The Morgan fingerprint density at radius 2 is 1.80 bits per heavy atom. The van der Waals surface area contributed by atoms with Crippen molar-refractivity contribution >= 4 is 17.7 Å². The maximum atomic E-state index is 13.8. The Labute approximate surface area is 267 Å². The zero-order chi connectivity index (χ0) is 31.9. The molecule has 1 aromatic heterocycles. The summed E-state index contributed by atoms with van der Waals surface area (Å²) >= 11 is 0. The van der Waals surface area contributed by atoms with Crippen LogP contribution in [0, 0.1) is 0 Å². The fourth-order valence-electron chi connectivity index (χ4n) is 5.74. The van der Waals surface area contributed by atoms with E-state index in [1.807, 2.05) is 54.6 Å². The second kappa shape index (κ2) is 14.2. The topological polar surface area (TPSA) is 119 Å². The fraction of sp³-hybridized carbons (Fsp3) is 0.278. The van der Waals surface area contributed by atoms with Crippen LogP contribution in [0.15, 0.2) is 91.3 Å². The van der Waals surface area contributed by atoms with Crippen LogP contribution in [-0.4, -0.2) is 66.6 Å². The maximum absolute atomic E-state index is 13.8. The van der Waals surface area contributed by atoms with Gasteiger partial charge in [-0.2, -0.15) is 0 Å². The molecule has 10 heteroatoms. The summed E-state index contributed by atoms with van der Waals surface area (Å²) in [5, 5.41) is 6.06. The van der Waals surface area contributed by atoms with Crippen LogP contribution < -0.4 is 24.8 Å². The van der Waals surface area contributed by atoms with Gasteiger partial charge < -0.3 is 29.7 Å². The fourth-order valence-corrected chi connectivity index (χ4v) is 5.74. The molecule has 10 nitrogen and oxygen atoms in total. The van der Waals surface area contributed by atoms with E-state index in [9.17, 15) is 14.4 Å². The van der Waals surface area contributed by atoms with Crippen molar-refractivity contribution in [3.8, 4) is 28.4 Å². The largest absolute Gasteiger partial charge is 0.496 e. The number of hydrogen-bond donors (Lipinski definition) is 2. The standard InChI is InChI=1S/C36H36N4O6/c1-44-32-11-8-27-20-30(32)26-3-2-4-29(19-26)45-23-34(41)38-21-25-5-9-28(10-6-25)46-33-15-18-40(22-31(33)39-36(27)43)35(42)12-7-24-13-16-37-17-14-24/h2-6,8-11,13-14,16-17,19-20,31,33H,7,12,15,18,21-23H2,1H3,(H,38,41)(H,39,43)/t31-,33-/m1/s1. The Bertz CT molecular complexity index is 1690. The lowest BCUT2D eigenvalue weighted by Gasteiger charge is -2.39. The highest BCUT2D eigenvalue weighted by molar-refractivity contribution is 5.96. The number of benzene rings is 3. The SMILES string of the molecule is COc1ccc2cc1-c1cccc(c1)OCC(=O)NCc1ccc(cc1)O[C@@H]1CCN(C(=O)CCc3ccncc3)C[C@H]1NC2=O. The van der Waals surface area contributed by atoms with Gasteiger partial charge in [0.25, 0.3) is 11.8 Å². The molecule has 3 aromatic carbocycles. The van der Waals surface area contributed by atoms with E-state index in [-0.39, 0.29) is 30.4 Å². The summed E-state index contributed by atoms with van der Waals surface area (Å²) in [4.78, 5) is 45.5. The summed E-state index contributed by atoms with van der Waals surface area (Å²) in [6.07, 6.45) is 4.60. The highest BCUT2D eigenvalue weighted by atomic mass is 16.5. The molecule has 3 aliphatic heterocycles. The molecule has 3 amide bonds. The number of rotatable bonds is 4. The molecule has 0 aliphatic carbocycles. The second-order valence-electron chi connectivity index (χ2n) is 11.4. The molecular weight excluding hydrogens is 584 g/mol. The summed E-state index contributed by atoms with van der Waals surface area (Å²) in [5.74, 6) is 1.22. The summed E-state index contributed by atoms with van der Waals surface area (Å²) in [7, 11) is 1.57. The first kappa shape index (κ1) is 30.6. The van der Waals surface area contributed by atoms with Gasteiger partial charge in [-0.25, -0.2) is 0 Å². The summed E-state index contributed by atoms with van der Waals surface area (Å²) in [5.41, 5.74) is 3.85. The van der Waals surface area contributed by atoms with Crippen molar-refractivity contribution in [1.29, 1.82) is 0 Å². The second-order valence-corrected chi connectivity index (χ2v) is 11.4. The number of pyridine rings is 1. The van der Waals surface area contributed by atoms with Crippen molar-refractivity contribution in [3.63, 3.8) is 0 Å². The third kappa shape index (κ3) is 7.46. The van der Waals surface area contributed by atoms with E-state index < -0.39 is 6.04 Å². The predicted molar refractivity (Wildman–Crippen MR) is 172 cm³/mol. The highest BCUT2D eigenvalue weighted by Crippen LogP contribution is 2.33. The minimum Gasteiger partial charge on any atom is -0.496 e. The van der Waals surface area contributed by atoms with Gasteiger partial charge in [-0.3, -0.25) is 19.4 Å². The zero-order valence-corrected chi connectivity index (χ0v) is 25.6. The molecule has 0 radical (unpaired) electrons. The Morgan fingerprint density at radius 3 is 2.61 bits per heavy atom. The number of carbonyl (C=O) groups is 3. The Balaban J connectivity index is 1.28. The van der Waals surface area contributed by atoms with Gasteiger partial charge in [0.05, 0.1) is 13.2 Å². The van der Waals surface area contributed by atoms with E-state index in [1.54, 1.807) is 48.7 Å². The minimum absolute atomic E-state index is 0.0242. The zero-order valence-electron chi connectivity index (χ0n) is 25.6. The van der Waals surface area contributed by atoms with Crippen LogP contribution in [0.25, 0.3) is 11.1 Å². The summed E-state index contributed by atoms with van der Waals surface area (Å²) in [6.45, 7) is 1.03. The first-order chi connectivity index (χ1) is 22.4. The number of ether oxygens (including phenoxy) is 3. The first-order valence-electron chi connectivity index (χ1n) is 15.4. The number of hydrogen-bond acceptors (Lipinski definition) is 7. The lowest BCUT2D eigenvalue weighted by molar-refractivity contribution is -0.133. The van der Waals surface area contributed by atoms with Gasteiger partial charge in [-0.1, -0.05) is 24.3 Å². The van der Waals surface area contributed by atoms with E-state index in [4.69, 9.17) is 14.2 Å².